The number of nitrogens with zero attached hydrogens (tertiary/aromatic N) is 3. The van der Waals surface area contributed by atoms with E-state index in [0.29, 0.717) is 18.8 Å². The highest BCUT2D eigenvalue weighted by Crippen LogP contribution is 2.18. The van der Waals surface area contributed by atoms with Crippen LogP contribution in [-0.4, -0.2) is 66.1 Å². The number of urea groups is 1. The van der Waals surface area contributed by atoms with Crippen molar-refractivity contribution in [2.24, 2.45) is 0 Å². The Balaban J connectivity index is 1.59. The molecule has 0 spiro atoms. The molecule has 23 heavy (non-hydrogen) atoms. The molecule has 0 aliphatic carbocycles. The van der Waals surface area contributed by atoms with Gasteiger partial charge in [-0.3, -0.25) is 9.78 Å². The summed E-state index contributed by atoms with van der Waals surface area (Å²) in [4.78, 5) is 32.2. The maximum absolute atomic E-state index is 12.5. The van der Waals surface area contributed by atoms with Crippen molar-refractivity contribution in [2.45, 2.75) is 25.3 Å². The smallest absolute Gasteiger partial charge is 0.317 e. The van der Waals surface area contributed by atoms with E-state index in [1.54, 1.807) is 13.3 Å². The van der Waals surface area contributed by atoms with Crippen LogP contribution in [0.15, 0.2) is 18.3 Å². The monoisotopic (exact) mass is 318 g/mol. The third-order valence-electron chi connectivity index (χ3n) is 4.45. The highest BCUT2D eigenvalue weighted by atomic mass is 16.5. The summed E-state index contributed by atoms with van der Waals surface area (Å²) in [5.74, 6) is 0.742. The highest BCUT2D eigenvalue weighted by molar-refractivity contribution is 5.79. The van der Waals surface area contributed by atoms with Crippen LogP contribution in [0.25, 0.3) is 0 Å². The Bertz CT molecular complexity index is 575. The standard InChI is InChI=1S/C16H22N4O3/c1-23-14-5-4-12(18-10-14)9-15(21)19-7-2-3-13(11-19)20-8-6-17-16(20)22/h4-5,10,13H,2-3,6-9,11H2,1H3,(H,17,22). The SMILES string of the molecule is COc1ccc(CC(=O)N2CCCC(N3CCNC3=O)C2)nc1. The molecule has 0 radical (unpaired) electrons. The van der Waals surface area contributed by atoms with Crippen molar-refractivity contribution in [3.8, 4) is 5.75 Å². The van der Waals surface area contributed by atoms with Gasteiger partial charge < -0.3 is 19.9 Å². The van der Waals surface area contributed by atoms with Gasteiger partial charge in [-0.05, 0) is 25.0 Å². The zero-order chi connectivity index (χ0) is 16.2. The minimum atomic E-state index is -0.0129. The Kier molecular flexibility index (Phi) is 4.64. The topological polar surface area (TPSA) is 74.8 Å². The first-order valence-electron chi connectivity index (χ1n) is 7.98. The quantitative estimate of drug-likeness (QED) is 0.884. The molecule has 1 atom stereocenters. The number of aromatic nitrogens is 1. The lowest BCUT2D eigenvalue weighted by Gasteiger charge is -2.37. The summed E-state index contributed by atoms with van der Waals surface area (Å²) < 4.78 is 5.07. The van der Waals surface area contributed by atoms with Crippen LogP contribution in [0.4, 0.5) is 4.79 Å². The van der Waals surface area contributed by atoms with E-state index in [4.69, 9.17) is 4.74 Å². The van der Waals surface area contributed by atoms with E-state index < -0.39 is 0 Å². The highest BCUT2D eigenvalue weighted by Gasteiger charge is 2.32. The number of hydrogen-bond acceptors (Lipinski definition) is 4. The molecule has 0 aromatic carbocycles. The predicted molar refractivity (Wildman–Crippen MR) is 84.2 cm³/mol. The largest absolute Gasteiger partial charge is 0.495 e. The zero-order valence-corrected chi connectivity index (χ0v) is 13.3. The van der Waals surface area contributed by atoms with Gasteiger partial charge in [0, 0.05) is 31.9 Å². The number of carbonyl (C=O) groups excluding carboxylic acids is 2. The molecule has 1 N–H and O–H groups in total. The van der Waals surface area contributed by atoms with Crippen molar-refractivity contribution in [3.63, 3.8) is 0 Å². The maximum Gasteiger partial charge on any atom is 0.317 e. The molecule has 7 heteroatoms. The van der Waals surface area contributed by atoms with Crippen LogP contribution >= 0.6 is 0 Å². The molecule has 0 bridgehead atoms. The minimum absolute atomic E-state index is 0.0129. The number of rotatable bonds is 4. The van der Waals surface area contributed by atoms with Crippen LogP contribution in [0.1, 0.15) is 18.5 Å². The second kappa shape index (κ2) is 6.85. The van der Waals surface area contributed by atoms with E-state index in [2.05, 4.69) is 10.3 Å². The number of hydrogen-bond donors (Lipinski definition) is 1. The lowest BCUT2D eigenvalue weighted by atomic mass is 10.0. The van der Waals surface area contributed by atoms with Crippen molar-refractivity contribution < 1.29 is 14.3 Å². The van der Waals surface area contributed by atoms with Crippen molar-refractivity contribution in [1.82, 2.24) is 20.1 Å². The molecule has 7 nitrogen and oxygen atoms in total. The van der Waals surface area contributed by atoms with Gasteiger partial charge in [-0.25, -0.2) is 4.79 Å². The van der Waals surface area contributed by atoms with E-state index in [1.807, 2.05) is 21.9 Å². The number of ether oxygens (including phenoxy) is 1. The predicted octanol–water partition coefficient (Wildman–Crippen LogP) is 0.649. The Morgan fingerprint density at radius 2 is 2.30 bits per heavy atom. The van der Waals surface area contributed by atoms with Crippen LogP contribution in [0.2, 0.25) is 0 Å². The van der Waals surface area contributed by atoms with E-state index >= 15 is 0 Å². The number of methoxy groups -OCH3 is 1. The Morgan fingerprint density at radius 1 is 1.43 bits per heavy atom. The first-order chi connectivity index (χ1) is 11.2. The molecule has 3 heterocycles. The van der Waals surface area contributed by atoms with Gasteiger partial charge in [0.1, 0.15) is 5.75 Å². The molecular formula is C16H22N4O3. The molecule has 124 valence electrons. The number of pyridine rings is 1. The van der Waals surface area contributed by atoms with Crippen molar-refractivity contribution in [1.29, 1.82) is 0 Å². The summed E-state index contributed by atoms with van der Waals surface area (Å²) in [5.41, 5.74) is 0.733. The lowest BCUT2D eigenvalue weighted by Crippen LogP contribution is -2.51. The first-order valence-corrected chi connectivity index (χ1v) is 7.98. The Labute approximate surface area is 135 Å². The van der Waals surface area contributed by atoms with Gasteiger partial charge in [0.05, 0.1) is 25.8 Å². The van der Waals surface area contributed by atoms with E-state index in [-0.39, 0.29) is 24.4 Å². The maximum atomic E-state index is 12.5. The molecule has 2 saturated heterocycles. The molecule has 2 aliphatic heterocycles. The third kappa shape index (κ3) is 3.55. The number of likely N-dealkylation sites (tertiary alicyclic amines) is 1. The molecule has 2 aliphatic rings. The van der Waals surface area contributed by atoms with Gasteiger partial charge in [-0.2, -0.15) is 0 Å². The number of nitrogens with one attached hydrogen (secondary N) is 1. The number of amides is 3. The summed E-state index contributed by atoms with van der Waals surface area (Å²) in [6.45, 7) is 2.79. The normalized spacial score (nSPS) is 21.3. The van der Waals surface area contributed by atoms with Crippen molar-refractivity contribution in [3.05, 3.63) is 24.0 Å². The van der Waals surface area contributed by atoms with Gasteiger partial charge in [0.15, 0.2) is 0 Å². The van der Waals surface area contributed by atoms with E-state index in [1.165, 1.54) is 0 Å². The summed E-state index contributed by atoms with van der Waals surface area (Å²) in [7, 11) is 1.59. The summed E-state index contributed by atoms with van der Waals surface area (Å²) >= 11 is 0. The van der Waals surface area contributed by atoms with Gasteiger partial charge in [-0.1, -0.05) is 0 Å². The van der Waals surface area contributed by atoms with Crippen LogP contribution in [-0.2, 0) is 11.2 Å². The fourth-order valence-corrected chi connectivity index (χ4v) is 3.17. The molecule has 3 amide bonds. The second-order valence-electron chi connectivity index (χ2n) is 5.93. The summed E-state index contributed by atoms with van der Waals surface area (Å²) in [6.07, 6.45) is 3.79. The minimum Gasteiger partial charge on any atom is -0.495 e. The van der Waals surface area contributed by atoms with E-state index in [0.717, 1.165) is 31.6 Å². The average molecular weight is 318 g/mol. The Morgan fingerprint density at radius 3 is 2.96 bits per heavy atom. The summed E-state index contributed by atoms with van der Waals surface area (Å²) in [5, 5.41) is 2.82. The lowest BCUT2D eigenvalue weighted by molar-refractivity contribution is -0.132. The molecular weight excluding hydrogens is 296 g/mol. The fraction of sp³-hybridized carbons (Fsp3) is 0.562. The average Bonchev–Trinajstić information content (AvgIpc) is 3.02. The number of carbonyl (C=O) groups is 2. The van der Waals surface area contributed by atoms with Crippen LogP contribution in [0.3, 0.4) is 0 Å². The molecule has 1 aromatic rings. The van der Waals surface area contributed by atoms with Gasteiger partial charge in [0.2, 0.25) is 5.91 Å². The van der Waals surface area contributed by atoms with Crippen molar-refractivity contribution >= 4 is 11.9 Å². The van der Waals surface area contributed by atoms with Gasteiger partial charge in [0.25, 0.3) is 0 Å². The second-order valence-corrected chi connectivity index (χ2v) is 5.93. The molecule has 0 saturated carbocycles. The first kappa shape index (κ1) is 15.6. The Hall–Kier alpha value is -2.31. The zero-order valence-electron chi connectivity index (χ0n) is 13.3. The molecule has 1 aromatic heterocycles. The van der Waals surface area contributed by atoms with Gasteiger partial charge in [-0.15, -0.1) is 0 Å². The van der Waals surface area contributed by atoms with Crippen LogP contribution in [0.5, 0.6) is 5.75 Å². The van der Waals surface area contributed by atoms with E-state index in [9.17, 15) is 9.59 Å². The summed E-state index contributed by atoms with van der Waals surface area (Å²) in [6, 6.07) is 3.73. The van der Waals surface area contributed by atoms with Crippen molar-refractivity contribution in [2.75, 3.05) is 33.3 Å². The molecule has 3 rings (SSSR count). The fourth-order valence-electron chi connectivity index (χ4n) is 3.17. The molecule has 1 unspecified atom stereocenters. The van der Waals surface area contributed by atoms with Crippen LogP contribution in [0, 0.1) is 0 Å². The van der Waals surface area contributed by atoms with Gasteiger partial charge >= 0.3 is 6.03 Å². The van der Waals surface area contributed by atoms with Crippen LogP contribution < -0.4 is 10.1 Å². The number of piperidine rings is 1. The molecule has 2 fully saturated rings. The third-order valence-corrected chi connectivity index (χ3v) is 4.45.